The van der Waals surface area contributed by atoms with Crippen LogP contribution in [0.3, 0.4) is 0 Å². The number of para-hydroxylation sites is 1. The summed E-state index contributed by atoms with van der Waals surface area (Å²) in [5.74, 6) is 1.14. The molecule has 0 saturated carbocycles. The molecule has 7 rings (SSSR count). The molecule has 0 radical (unpaired) electrons. The zero-order valence-electron chi connectivity index (χ0n) is 25.0. The molecule has 228 valence electrons. The van der Waals surface area contributed by atoms with Crippen molar-refractivity contribution in [3.63, 3.8) is 0 Å². The number of carbonyl (C=O) groups is 3. The molecular weight excluding hydrogens is 560 g/mol. The number of ether oxygens (including phenoxy) is 2. The van der Waals surface area contributed by atoms with Crippen molar-refractivity contribution in [2.24, 2.45) is 5.92 Å². The molecule has 10 heteroatoms. The normalized spacial score (nSPS) is 21.4. The SMILES string of the molecule is COc1ccc2c(c1OC)C(=O)N1c3ccccc3C(=O)N(CCCCCC(=O)N3C[C@@H]4C[C@H](C3)c3cccc(=O)n3C4)[C@@H]21. The van der Waals surface area contributed by atoms with Crippen molar-refractivity contribution in [3.05, 3.63) is 87.3 Å². The third-order valence-electron chi connectivity index (χ3n) is 9.61. The molecule has 4 aliphatic heterocycles. The summed E-state index contributed by atoms with van der Waals surface area (Å²) >= 11 is 0. The second kappa shape index (κ2) is 11.2. The lowest BCUT2D eigenvalue weighted by atomic mass is 9.83. The number of methoxy groups -OCH3 is 2. The molecular formula is C34H36N4O6. The molecule has 3 amide bonds. The van der Waals surface area contributed by atoms with E-state index in [0.29, 0.717) is 85.2 Å². The number of likely N-dealkylation sites (tertiary alicyclic amines) is 1. The smallest absolute Gasteiger partial charge is 0.264 e. The highest BCUT2D eigenvalue weighted by molar-refractivity contribution is 6.18. The minimum absolute atomic E-state index is 0.0418. The Bertz CT molecular complexity index is 1720. The first kappa shape index (κ1) is 28.2. The van der Waals surface area contributed by atoms with Gasteiger partial charge in [-0.15, -0.1) is 0 Å². The molecule has 0 spiro atoms. The van der Waals surface area contributed by atoms with Gasteiger partial charge in [0, 0.05) is 55.8 Å². The maximum atomic E-state index is 13.8. The fraction of sp³-hybridized carbons (Fsp3) is 0.412. The van der Waals surface area contributed by atoms with Gasteiger partial charge in [0.2, 0.25) is 5.91 Å². The first-order valence-electron chi connectivity index (χ1n) is 15.4. The number of amides is 3. The number of hydrogen-bond acceptors (Lipinski definition) is 6. The number of fused-ring (bicyclic) bond motifs is 9. The number of unbranched alkanes of at least 4 members (excludes halogenated alkanes) is 2. The Morgan fingerprint density at radius 2 is 1.70 bits per heavy atom. The Balaban J connectivity index is 1.02. The topological polar surface area (TPSA) is 101 Å². The molecule has 5 heterocycles. The van der Waals surface area contributed by atoms with Crippen LogP contribution in [0.25, 0.3) is 0 Å². The van der Waals surface area contributed by atoms with Crippen molar-refractivity contribution in [1.82, 2.24) is 14.4 Å². The lowest BCUT2D eigenvalue weighted by Gasteiger charge is -2.42. The first-order valence-corrected chi connectivity index (χ1v) is 15.4. The predicted molar refractivity (Wildman–Crippen MR) is 163 cm³/mol. The zero-order valence-corrected chi connectivity index (χ0v) is 25.0. The van der Waals surface area contributed by atoms with E-state index in [4.69, 9.17) is 9.47 Å². The molecule has 4 aliphatic rings. The fourth-order valence-corrected chi connectivity index (χ4v) is 7.64. The van der Waals surface area contributed by atoms with Crippen LogP contribution in [0, 0.1) is 5.92 Å². The highest BCUT2D eigenvalue weighted by Gasteiger charge is 2.49. The Morgan fingerprint density at radius 3 is 2.52 bits per heavy atom. The minimum atomic E-state index is -0.579. The maximum Gasteiger partial charge on any atom is 0.264 e. The maximum absolute atomic E-state index is 13.8. The lowest BCUT2D eigenvalue weighted by Crippen LogP contribution is -2.49. The number of carbonyl (C=O) groups excluding carboxylic acids is 3. The zero-order chi connectivity index (χ0) is 30.5. The lowest BCUT2D eigenvalue weighted by molar-refractivity contribution is -0.134. The van der Waals surface area contributed by atoms with E-state index in [0.717, 1.165) is 18.5 Å². The Kier molecular flexibility index (Phi) is 7.14. The van der Waals surface area contributed by atoms with Crippen molar-refractivity contribution < 1.29 is 23.9 Å². The van der Waals surface area contributed by atoms with E-state index in [1.165, 1.54) is 14.2 Å². The molecule has 2 aromatic carbocycles. The molecule has 0 unspecified atom stereocenters. The van der Waals surface area contributed by atoms with E-state index in [-0.39, 0.29) is 29.2 Å². The number of pyridine rings is 1. The molecule has 0 aliphatic carbocycles. The van der Waals surface area contributed by atoms with Crippen molar-refractivity contribution in [2.75, 3.05) is 38.8 Å². The summed E-state index contributed by atoms with van der Waals surface area (Å²) in [5.41, 5.74) is 3.29. The van der Waals surface area contributed by atoms with Crippen LogP contribution in [0.15, 0.2) is 59.4 Å². The summed E-state index contributed by atoms with van der Waals surface area (Å²) < 4.78 is 12.9. The molecule has 3 aromatic rings. The number of anilines is 1. The second-order valence-corrected chi connectivity index (χ2v) is 12.1. The van der Waals surface area contributed by atoms with Crippen LogP contribution in [0.5, 0.6) is 11.5 Å². The van der Waals surface area contributed by atoms with Gasteiger partial charge in [-0.05, 0) is 49.4 Å². The van der Waals surface area contributed by atoms with Crippen molar-refractivity contribution in [1.29, 1.82) is 0 Å². The fourth-order valence-electron chi connectivity index (χ4n) is 7.64. The van der Waals surface area contributed by atoms with E-state index in [1.54, 1.807) is 28.0 Å². The Hall–Kier alpha value is -4.60. The van der Waals surface area contributed by atoms with Gasteiger partial charge in [0.25, 0.3) is 17.4 Å². The Morgan fingerprint density at radius 1 is 0.864 bits per heavy atom. The number of hydrogen-bond donors (Lipinski definition) is 0. The molecule has 1 fully saturated rings. The monoisotopic (exact) mass is 596 g/mol. The summed E-state index contributed by atoms with van der Waals surface area (Å²) in [4.78, 5) is 58.6. The molecule has 1 aromatic heterocycles. The Labute approximate surface area is 255 Å². The van der Waals surface area contributed by atoms with E-state index in [9.17, 15) is 19.2 Å². The standard InChI is InChI=1S/C34H36N4O6/c1-43-27-15-14-24-30(31(27)44-2)34(42)38-26-10-6-5-9-23(26)33(41)36(32(24)38)16-7-3-4-12-28(39)35-18-21-17-22(20-35)25-11-8-13-29(40)37(25)19-21/h5-6,8-11,13-15,21-22,32H,3-4,7,12,16-20H2,1-2H3/t21-,22+,32+/m0/s1. The number of nitrogens with zero attached hydrogens (tertiary/aromatic N) is 4. The van der Waals surface area contributed by atoms with Crippen LogP contribution < -0.4 is 19.9 Å². The molecule has 3 atom stereocenters. The van der Waals surface area contributed by atoms with Gasteiger partial charge in [-0.2, -0.15) is 0 Å². The summed E-state index contributed by atoms with van der Waals surface area (Å²) in [5, 5.41) is 0. The van der Waals surface area contributed by atoms with Gasteiger partial charge in [0.05, 0.1) is 31.0 Å². The largest absolute Gasteiger partial charge is 0.493 e. The molecule has 2 bridgehead atoms. The molecule has 0 N–H and O–H groups in total. The van der Waals surface area contributed by atoms with Gasteiger partial charge in [-0.1, -0.05) is 30.7 Å². The predicted octanol–water partition coefficient (Wildman–Crippen LogP) is 4.19. The quantitative estimate of drug-likeness (QED) is 0.362. The second-order valence-electron chi connectivity index (χ2n) is 12.1. The van der Waals surface area contributed by atoms with Crippen LogP contribution in [-0.2, 0) is 11.3 Å². The first-order chi connectivity index (χ1) is 21.4. The number of benzene rings is 2. The van der Waals surface area contributed by atoms with Gasteiger partial charge >= 0.3 is 0 Å². The third-order valence-corrected chi connectivity index (χ3v) is 9.61. The van der Waals surface area contributed by atoms with Crippen LogP contribution >= 0.6 is 0 Å². The van der Waals surface area contributed by atoms with Gasteiger partial charge in [-0.25, -0.2) is 0 Å². The summed E-state index contributed by atoms with van der Waals surface area (Å²) in [6.07, 6.45) is 3.08. The van der Waals surface area contributed by atoms with Crippen molar-refractivity contribution in [2.45, 2.75) is 50.7 Å². The summed E-state index contributed by atoms with van der Waals surface area (Å²) in [6.45, 7) is 2.46. The van der Waals surface area contributed by atoms with Gasteiger partial charge in [0.1, 0.15) is 6.17 Å². The van der Waals surface area contributed by atoms with E-state index >= 15 is 0 Å². The van der Waals surface area contributed by atoms with E-state index in [1.807, 2.05) is 45.9 Å². The molecule has 1 saturated heterocycles. The molecule has 44 heavy (non-hydrogen) atoms. The number of piperidine rings is 1. The van der Waals surface area contributed by atoms with Crippen LogP contribution in [0.1, 0.15) is 76.2 Å². The third kappa shape index (κ3) is 4.46. The number of aromatic nitrogens is 1. The van der Waals surface area contributed by atoms with Crippen molar-refractivity contribution >= 4 is 23.4 Å². The van der Waals surface area contributed by atoms with Crippen molar-refractivity contribution in [3.8, 4) is 11.5 Å². The van der Waals surface area contributed by atoms with E-state index < -0.39 is 6.17 Å². The van der Waals surface area contributed by atoms with Crippen LogP contribution in [-0.4, -0.2) is 65.9 Å². The summed E-state index contributed by atoms with van der Waals surface area (Å²) in [6, 6.07) is 16.3. The highest BCUT2D eigenvalue weighted by Crippen LogP contribution is 2.49. The molecule has 10 nitrogen and oxygen atoms in total. The van der Waals surface area contributed by atoms with Gasteiger partial charge in [-0.3, -0.25) is 24.1 Å². The summed E-state index contributed by atoms with van der Waals surface area (Å²) in [7, 11) is 3.04. The minimum Gasteiger partial charge on any atom is -0.493 e. The van der Waals surface area contributed by atoms with Gasteiger partial charge in [0.15, 0.2) is 11.5 Å². The van der Waals surface area contributed by atoms with Gasteiger partial charge < -0.3 is 23.8 Å². The average Bonchev–Trinajstić information content (AvgIpc) is 3.34. The van der Waals surface area contributed by atoms with Crippen LogP contribution in [0.4, 0.5) is 5.69 Å². The van der Waals surface area contributed by atoms with Crippen LogP contribution in [0.2, 0.25) is 0 Å². The number of rotatable bonds is 8. The highest BCUT2D eigenvalue weighted by atomic mass is 16.5. The average molecular weight is 597 g/mol. The van der Waals surface area contributed by atoms with E-state index in [2.05, 4.69) is 0 Å².